The van der Waals surface area contributed by atoms with Crippen molar-refractivity contribution in [2.45, 2.75) is 46.1 Å². The molecule has 0 N–H and O–H groups in total. The maximum Gasteiger partial charge on any atom is 0.316 e. The highest BCUT2D eigenvalue weighted by Crippen LogP contribution is 2.46. The Morgan fingerprint density at radius 1 is 1.14 bits per heavy atom. The van der Waals surface area contributed by atoms with E-state index in [1.165, 1.54) is 6.08 Å². The molecule has 3 aromatic carbocycles. The normalized spacial score (nSPS) is 16.6. The summed E-state index contributed by atoms with van der Waals surface area (Å²) in [6, 6.07) is 15.9. The highest BCUT2D eigenvalue weighted by molar-refractivity contribution is 6.06. The Hall–Kier alpha value is -4.97. The molecule has 6 rings (SSSR count). The number of esters is 1. The van der Waals surface area contributed by atoms with Crippen LogP contribution in [-0.4, -0.2) is 59.0 Å². The molecule has 2 aliphatic rings. The highest BCUT2D eigenvalue weighted by Gasteiger charge is 2.32. The van der Waals surface area contributed by atoms with Gasteiger partial charge in [-0.15, -0.1) is 0 Å². The monoisotopic (exact) mass is 589 g/mol. The number of fused-ring (bicyclic) bond motifs is 4. The molecule has 3 heterocycles. The van der Waals surface area contributed by atoms with Gasteiger partial charge in [0.25, 0.3) is 0 Å². The van der Waals surface area contributed by atoms with E-state index in [2.05, 4.69) is 28.6 Å². The number of benzene rings is 3. The molecule has 0 bridgehead atoms. The number of nitriles is 1. The van der Waals surface area contributed by atoms with Crippen molar-refractivity contribution >= 4 is 39.4 Å². The first-order chi connectivity index (χ1) is 21.2. The number of amides is 1. The van der Waals surface area contributed by atoms with Crippen molar-refractivity contribution in [1.29, 1.82) is 5.26 Å². The third-order valence-electron chi connectivity index (χ3n) is 8.34. The largest absolute Gasteiger partial charge is 0.492 e. The molecule has 1 saturated heterocycles. The van der Waals surface area contributed by atoms with E-state index in [-0.39, 0.29) is 24.3 Å². The van der Waals surface area contributed by atoms with Crippen LogP contribution in [0.15, 0.2) is 61.4 Å². The highest BCUT2D eigenvalue weighted by atomic mass is 16.5. The maximum atomic E-state index is 12.8. The third-order valence-corrected chi connectivity index (χ3v) is 8.34. The maximum absolute atomic E-state index is 12.8. The molecule has 9 nitrogen and oxygen atoms in total. The smallest absolute Gasteiger partial charge is 0.316 e. The van der Waals surface area contributed by atoms with Gasteiger partial charge in [-0.2, -0.15) is 5.26 Å². The second-order valence-corrected chi connectivity index (χ2v) is 12.3. The van der Waals surface area contributed by atoms with E-state index < -0.39 is 5.41 Å². The van der Waals surface area contributed by atoms with Gasteiger partial charge >= 0.3 is 5.97 Å². The average molecular weight is 590 g/mol. The van der Waals surface area contributed by atoms with Crippen molar-refractivity contribution in [3.05, 3.63) is 67.0 Å². The lowest BCUT2D eigenvalue weighted by molar-refractivity contribution is -0.142. The summed E-state index contributed by atoms with van der Waals surface area (Å²) in [5.41, 5.74) is 3.22. The Kier molecular flexibility index (Phi) is 7.68. The van der Waals surface area contributed by atoms with E-state index in [0.29, 0.717) is 32.0 Å². The summed E-state index contributed by atoms with van der Waals surface area (Å²) in [7, 11) is 0. The fourth-order valence-corrected chi connectivity index (χ4v) is 6.11. The Bertz CT molecular complexity index is 1840. The zero-order valence-corrected chi connectivity index (χ0v) is 25.3. The van der Waals surface area contributed by atoms with Crippen LogP contribution in [-0.2, 0) is 16.0 Å². The molecule has 0 saturated carbocycles. The molecular formula is C35H35N5O4. The topological polar surface area (TPSA) is 109 Å². The number of hydrogen-bond donors (Lipinski definition) is 0. The van der Waals surface area contributed by atoms with Crippen LogP contribution in [0, 0.1) is 16.7 Å². The van der Waals surface area contributed by atoms with Gasteiger partial charge in [0.2, 0.25) is 5.91 Å². The van der Waals surface area contributed by atoms with Crippen LogP contribution in [0.2, 0.25) is 0 Å². The molecule has 224 valence electrons. The molecule has 44 heavy (non-hydrogen) atoms. The van der Waals surface area contributed by atoms with Crippen LogP contribution in [0.25, 0.3) is 32.8 Å². The van der Waals surface area contributed by atoms with Gasteiger partial charge in [-0.25, -0.2) is 9.97 Å². The minimum Gasteiger partial charge on any atom is -0.492 e. The first kappa shape index (κ1) is 29.1. The van der Waals surface area contributed by atoms with E-state index in [4.69, 9.17) is 14.5 Å². The third kappa shape index (κ3) is 5.21. The van der Waals surface area contributed by atoms with Gasteiger partial charge in [-0.1, -0.05) is 36.9 Å². The van der Waals surface area contributed by atoms with Gasteiger partial charge in [-0.3, -0.25) is 9.59 Å². The van der Waals surface area contributed by atoms with E-state index in [1.807, 2.05) is 57.2 Å². The van der Waals surface area contributed by atoms with E-state index >= 15 is 0 Å². The molecule has 1 aromatic heterocycles. The van der Waals surface area contributed by atoms with Crippen LogP contribution in [0.5, 0.6) is 11.5 Å². The number of aromatic nitrogens is 2. The van der Waals surface area contributed by atoms with Gasteiger partial charge in [0.1, 0.15) is 23.6 Å². The van der Waals surface area contributed by atoms with Crippen molar-refractivity contribution in [3.8, 4) is 28.7 Å². The molecule has 1 amide bonds. The molecule has 1 atom stereocenters. The van der Waals surface area contributed by atoms with E-state index in [0.717, 1.165) is 62.8 Å². The van der Waals surface area contributed by atoms with Gasteiger partial charge in [0.05, 0.1) is 41.5 Å². The summed E-state index contributed by atoms with van der Waals surface area (Å²) in [6.07, 6.45) is 4.77. The first-order valence-electron chi connectivity index (χ1n) is 14.9. The average Bonchev–Trinajstić information content (AvgIpc) is 3.03. The summed E-state index contributed by atoms with van der Waals surface area (Å²) in [6.45, 7) is 11.2. The number of nitrogens with zero attached hydrogens (tertiary/aromatic N) is 5. The Labute approximate surface area is 256 Å². The number of ether oxygens (including phenoxy) is 2. The summed E-state index contributed by atoms with van der Waals surface area (Å²) in [5, 5.41) is 12.1. The zero-order chi connectivity index (χ0) is 31.0. The lowest BCUT2D eigenvalue weighted by atomic mass is 9.89. The second-order valence-electron chi connectivity index (χ2n) is 12.3. The molecule has 2 aliphatic heterocycles. The predicted molar refractivity (Wildman–Crippen MR) is 170 cm³/mol. The number of hydrogen-bond acceptors (Lipinski definition) is 8. The number of anilines is 1. The number of carbonyl (C=O) groups excluding carboxylic acids is 2. The molecule has 0 aliphatic carbocycles. The van der Waals surface area contributed by atoms with Gasteiger partial charge < -0.3 is 19.3 Å². The Morgan fingerprint density at radius 2 is 1.93 bits per heavy atom. The Morgan fingerprint density at radius 3 is 2.68 bits per heavy atom. The van der Waals surface area contributed by atoms with Crippen molar-refractivity contribution in [3.63, 3.8) is 0 Å². The van der Waals surface area contributed by atoms with Gasteiger partial charge in [0.15, 0.2) is 0 Å². The van der Waals surface area contributed by atoms with Gasteiger partial charge in [0, 0.05) is 30.6 Å². The molecule has 9 heteroatoms. The SMILES string of the molecule is C=CC(=O)N1CCN(c2ncnc3cc(-c4ccc(OC(=O)C(C)(C)C)c5ccccc45)c4c(c23)OCCC4)C[C@@H]1CC#N. The number of carbonyl (C=O) groups is 2. The summed E-state index contributed by atoms with van der Waals surface area (Å²) >= 11 is 0. The molecule has 1 fully saturated rings. The second kappa shape index (κ2) is 11.6. The number of rotatable bonds is 5. The molecule has 0 unspecified atom stereocenters. The first-order valence-corrected chi connectivity index (χ1v) is 14.9. The summed E-state index contributed by atoms with van der Waals surface area (Å²) in [5.74, 6) is 1.58. The molecular weight excluding hydrogens is 554 g/mol. The van der Waals surface area contributed by atoms with Crippen LogP contribution in [0.3, 0.4) is 0 Å². The predicted octanol–water partition coefficient (Wildman–Crippen LogP) is 5.84. The van der Waals surface area contributed by atoms with Crippen molar-refractivity contribution in [2.75, 3.05) is 31.1 Å². The quantitative estimate of drug-likeness (QED) is 0.162. The number of piperazine rings is 1. The van der Waals surface area contributed by atoms with Crippen LogP contribution in [0.1, 0.15) is 39.2 Å². The van der Waals surface area contributed by atoms with Crippen molar-refractivity contribution in [1.82, 2.24) is 14.9 Å². The zero-order valence-electron chi connectivity index (χ0n) is 25.3. The lowest BCUT2D eigenvalue weighted by Gasteiger charge is -2.41. The minimum absolute atomic E-state index is 0.172. The summed E-state index contributed by atoms with van der Waals surface area (Å²) in [4.78, 5) is 38.5. The van der Waals surface area contributed by atoms with Crippen LogP contribution in [0.4, 0.5) is 5.82 Å². The van der Waals surface area contributed by atoms with Gasteiger partial charge in [-0.05, 0) is 68.3 Å². The Balaban J connectivity index is 1.47. The molecule has 4 aromatic rings. The van der Waals surface area contributed by atoms with E-state index in [9.17, 15) is 14.9 Å². The van der Waals surface area contributed by atoms with Crippen LogP contribution < -0.4 is 14.4 Å². The van der Waals surface area contributed by atoms with Crippen LogP contribution >= 0.6 is 0 Å². The van der Waals surface area contributed by atoms with E-state index in [1.54, 1.807) is 11.2 Å². The fraction of sp³-hybridized carbons (Fsp3) is 0.343. The fourth-order valence-electron chi connectivity index (χ4n) is 6.11. The standard InChI is InChI=1S/C35H35N5O4/c1-5-30(41)40-17-16-39(20-22(40)14-15-36)33-31-28(37-21-38-33)19-27(26-11-8-18-43-32(26)31)24-12-13-29(44-34(42)35(2,3)4)25-10-7-6-9-23(24)25/h5-7,9-10,12-13,19,21-22H,1,8,11,14,16-18,20H2,2-4H3/t22-/m0/s1. The lowest BCUT2D eigenvalue weighted by Crippen LogP contribution is -2.55. The van der Waals surface area contributed by atoms with Crippen molar-refractivity contribution in [2.24, 2.45) is 5.41 Å². The molecule has 0 spiro atoms. The minimum atomic E-state index is -0.631. The summed E-state index contributed by atoms with van der Waals surface area (Å²) < 4.78 is 12.3. The molecule has 0 radical (unpaired) electrons. The van der Waals surface area contributed by atoms with Crippen molar-refractivity contribution < 1.29 is 19.1 Å².